The molecule has 0 N–H and O–H groups in total. The average molecular weight is 266 g/mol. The maximum atomic E-state index is 11.0. The number of esters is 2. The first-order valence-corrected chi connectivity index (χ1v) is 6.51. The van der Waals surface area contributed by atoms with Crippen molar-refractivity contribution >= 4 is 37.2 Å². The second-order valence-corrected chi connectivity index (χ2v) is 3.85. The van der Waals surface area contributed by atoms with E-state index < -0.39 is 18.2 Å². The quantitative estimate of drug-likeness (QED) is 0.305. The number of thiol groups is 2. The molecule has 0 amide bonds. The highest BCUT2D eigenvalue weighted by atomic mass is 32.1. The summed E-state index contributed by atoms with van der Waals surface area (Å²) < 4.78 is 9.85. The zero-order valence-corrected chi connectivity index (χ0v) is 11.1. The smallest absolute Gasteiger partial charge is 0.318 e. The van der Waals surface area contributed by atoms with Gasteiger partial charge in [-0.25, -0.2) is 0 Å². The summed E-state index contributed by atoms with van der Waals surface area (Å²) in [5, 5.41) is 0. The van der Waals surface area contributed by atoms with Crippen LogP contribution >= 0.6 is 25.3 Å². The molecule has 0 radical (unpaired) electrons. The molecule has 0 spiro atoms. The second kappa shape index (κ2) is 9.84. The fourth-order valence-electron chi connectivity index (χ4n) is 1.07. The third kappa shape index (κ3) is 7.87. The van der Waals surface area contributed by atoms with Gasteiger partial charge in [0.25, 0.3) is 0 Å². The van der Waals surface area contributed by atoms with Crippen LogP contribution in [0.4, 0.5) is 0 Å². The molecule has 0 atom stereocenters. The molecule has 0 aliphatic heterocycles. The van der Waals surface area contributed by atoms with Crippen LogP contribution in [0.3, 0.4) is 0 Å². The van der Waals surface area contributed by atoms with Crippen molar-refractivity contribution < 1.29 is 19.1 Å². The Morgan fingerprint density at radius 2 is 1.56 bits per heavy atom. The van der Waals surface area contributed by atoms with E-state index in [1.54, 1.807) is 0 Å². The van der Waals surface area contributed by atoms with E-state index in [-0.39, 0.29) is 11.5 Å². The molecule has 6 heteroatoms. The maximum absolute atomic E-state index is 11.0. The van der Waals surface area contributed by atoms with Crippen LogP contribution in [0.5, 0.6) is 0 Å². The summed E-state index contributed by atoms with van der Waals surface area (Å²) >= 11 is 7.57. The summed E-state index contributed by atoms with van der Waals surface area (Å²) in [6.07, 6.45) is 2.63. The Bertz CT molecular complexity index is 203. The van der Waals surface area contributed by atoms with Crippen molar-refractivity contribution in [3.63, 3.8) is 0 Å². The van der Waals surface area contributed by atoms with E-state index in [2.05, 4.69) is 32.2 Å². The highest BCUT2D eigenvalue weighted by Crippen LogP contribution is 2.09. The van der Waals surface area contributed by atoms with Gasteiger partial charge < -0.3 is 9.47 Å². The molecule has 0 saturated carbocycles. The standard InChI is InChI=1S/C10H18O4S2/c1-2-3-4-5-10(13-8(11)6-15)14-9(12)7-16/h10,15-16H,2-7H2,1H3. The van der Waals surface area contributed by atoms with Crippen LogP contribution in [0.2, 0.25) is 0 Å². The first-order valence-electron chi connectivity index (χ1n) is 5.24. The van der Waals surface area contributed by atoms with Crippen molar-refractivity contribution in [2.24, 2.45) is 0 Å². The van der Waals surface area contributed by atoms with E-state index in [0.29, 0.717) is 6.42 Å². The lowest BCUT2D eigenvalue weighted by Gasteiger charge is -2.17. The van der Waals surface area contributed by atoms with Gasteiger partial charge in [-0.15, -0.1) is 0 Å². The van der Waals surface area contributed by atoms with Gasteiger partial charge in [0.1, 0.15) is 0 Å². The van der Waals surface area contributed by atoms with Gasteiger partial charge in [-0.2, -0.15) is 25.3 Å². The molecule has 0 aromatic carbocycles. The second-order valence-electron chi connectivity index (χ2n) is 3.22. The number of hydrogen-bond donors (Lipinski definition) is 2. The molecular formula is C10H18O4S2. The lowest BCUT2D eigenvalue weighted by Crippen LogP contribution is -2.25. The van der Waals surface area contributed by atoms with Gasteiger partial charge in [-0.1, -0.05) is 19.8 Å². The summed E-state index contributed by atoms with van der Waals surface area (Å²) in [5.74, 6) is -1.03. The number of rotatable bonds is 8. The van der Waals surface area contributed by atoms with Crippen LogP contribution in [0.25, 0.3) is 0 Å². The van der Waals surface area contributed by atoms with Crippen LogP contribution in [-0.2, 0) is 19.1 Å². The molecule has 4 nitrogen and oxygen atoms in total. The first-order chi connectivity index (χ1) is 7.63. The summed E-state index contributed by atoms with van der Waals surface area (Å²) in [6, 6.07) is 0. The highest BCUT2D eigenvalue weighted by Gasteiger charge is 2.17. The van der Waals surface area contributed by atoms with Crippen molar-refractivity contribution in [2.45, 2.75) is 38.9 Å². The number of ether oxygens (including phenoxy) is 2. The molecule has 0 aromatic rings. The predicted octanol–water partition coefficient (Wildman–Crippen LogP) is 1.84. The van der Waals surface area contributed by atoms with Gasteiger partial charge in [-0.3, -0.25) is 9.59 Å². The number of carbonyl (C=O) groups is 2. The van der Waals surface area contributed by atoms with Gasteiger partial charge in [0, 0.05) is 6.42 Å². The summed E-state index contributed by atoms with van der Waals surface area (Å²) in [5.41, 5.74) is 0. The Labute approximate surface area is 107 Å². The van der Waals surface area contributed by atoms with Gasteiger partial charge in [-0.05, 0) is 6.42 Å². The molecule has 0 unspecified atom stereocenters. The minimum atomic E-state index is -0.800. The van der Waals surface area contributed by atoms with E-state index >= 15 is 0 Å². The van der Waals surface area contributed by atoms with Crippen molar-refractivity contribution in [1.29, 1.82) is 0 Å². The van der Waals surface area contributed by atoms with Gasteiger partial charge in [0.2, 0.25) is 6.29 Å². The Morgan fingerprint density at radius 1 is 1.06 bits per heavy atom. The van der Waals surface area contributed by atoms with Crippen LogP contribution < -0.4 is 0 Å². The van der Waals surface area contributed by atoms with E-state index in [1.807, 2.05) is 0 Å². The fraction of sp³-hybridized carbons (Fsp3) is 0.800. The Balaban J connectivity index is 4.04. The zero-order valence-electron chi connectivity index (χ0n) is 9.35. The lowest BCUT2D eigenvalue weighted by atomic mass is 10.2. The van der Waals surface area contributed by atoms with Crippen molar-refractivity contribution in [3.05, 3.63) is 0 Å². The molecule has 0 saturated heterocycles. The SMILES string of the molecule is CCCCCC(OC(=O)CS)OC(=O)CS. The normalized spacial score (nSPS) is 10.2. The molecule has 16 heavy (non-hydrogen) atoms. The third-order valence-corrected chi connectivity index (χ3v) is 2.34. The van der Waals surface area contributed by atoms with Crippen LogP contribution in [0.1, 0.15) is 32.6 Å². The minimum absolute atomic E-state index is 0.0251. The van der Waals surface area contributed by atoms with E-state index in [0.717, 1.165) is 19.3 Å². The summed E-state index contributed by atoms with van der Waals surface area (Å²) in [4.78, 5) is 22.0. The Morgan fingerprint density at radius 3 is 1.94 bits per heavy atom. The maximum Gasteiger partial charge on any atom is 0.318 e. The van der Waals surface area contributed by atoms with Crippen molar-refractivity contribution in [2.75, 3.05) is 11.5 Å². The molecule has 0 aliphatic rings. The molecule has 0 bridgehead atoms. The molecule has 0 aliphatic carbocycles. The van der Waals surface area contributed by atoms with Gasteiger partial charge >= 0.3 is 11.9 Å². The average Bonchev–Trinajstić information content (AvgIpc) is 2.28. The minimum Gasteiger partial charge on any atom is -0.425 e. The molecule has 0 heterocycles. The van der Waals surface area contributed by atoms with Crippen molar-refractivity contribution in [1.82, 2.24) is 0 Å². The summed E-state index contributed by atoms with van der Waals surface area (Å²) in [7, 11) is 0. The number of unbranched alkanes of at least 4 members (excludes halogenated alkanes) is 2. The monoisotopic (exact) mass is 266 g/mol. The van der Waals surface area contributed by atoms with Gasteiger partial charge in [0.15, 0.2) is 0 Å². The molecule has 0 fully saturated rings. The number of carbonyl (C=O) groups excluding carboxylic acids is 2. The summed E-state index contributed by atoms with van der Waals surface area (Å²) in [6.45, 7) is 2.06. The largest absolute Gasteiger partial charge is 0.425 e. The van der Waals surface area contributed by atoms with Crippen molar-refractivity contribution in [3.8, 4) is 0 Å². The Kier molecular flexibility index (Phi) is 9.62. The zero-order chi connectivity index (χ0) is 12.4. The van der Waals surface area contributed by atoms with Crippen LogP contribution in [-0.4, -0.2) is 29.7 Å². The predicted molar refractivity (Wildman–Crippen MR) is 67.8 cm³/mol. The van der Waals surface area contributed by atoms with Crippen LogP contribution in [0.15, 0.2) is 0 Å². The topological polar surface area (TPSA) is 52.6 Å². The lowest BCUT2D eigenvalue weighted by molar-refractivity contribution is -0.185. The van der Waals surface area contributed by atoms with Gasteiger partial charge in [0.05, 0.1) is 11.5 Å². The number of hydrogen-bond acceptors (Lipinski definition) is 6. The van der Waals surface area contributed by atoms with E-state index in [1.165, 1.54) is 0 Å². The molecule has 94 valence electrons. The Hall–Kier alpha value is -0.360. The van der Waals surface area contributed by atoms with Crippen LogP contribution in [0, 0.1) is 0 Å². The highest BCUT2D eigenvalue weighted by molar-refractivity contribution is 7.81. The third-order valence-electron chi connectivity index (χ3n) is 1.83. The van der Waals surface area contributed by atoms with E-state index in [4.69, 9.17) is 9.47 Å². The van der Waals surface area contributed by atoms with E-state index in [9.17, 15) is 9.59 Å². The first kappa shape index (κ1) is 15.6. The molecule has 0 rings (SSSR count). The molecular weight excluding hydrogens is 248 g/mol. The molecule has 0 aromatic heterocycles. The fourth-order valence-corrected chi connectivity index (χ4v) is 1.22.